The van der Waals surface area contributed by atoms with Crippen LogP contribution in [0.2, 0.25) is 0 Å². The fraction of sp³-hybridized carbons (Fsp3) is 0.312. The van der Waals surface area contributed by atoms with Crippen molar-refractivity contribution in [3.8, 4) is 5.75 Å². The Labute approximate surface area is 224 Å². The summed E-state index contributed by atoms with van der Waals surface area (Å²) in [5.41, 5.74) is 3.89. The highest BCUT2D eigenvalue weighted by molar-refractivity contribution is 5.96. The lowest BCUT2D eigenvalue weighted by Crippen LogP contribution is -2.39. The Hall–Kier alpha value is -3.90. The maximum atomic E-state index is 12.2. The molecule has 0 bridgehead atoms. The molecule has 0 aliphatic carbocycles. The summed E-state index contributed by atoms with van der Waals surface area (Å²) in [5.74, 6) is -0.175. The Kier molecular flexibility index (Phi) is 10.7. The standard InChI is InChI=1S/C24H26O6.C8H10/c1-18-9-11-21(12-10-18)28-13-5-8-22(26)29-17-24(16-25)15-20(23(27)30-24)14-19-6-3-2-4-7-19;1-7-3-5-8(2)6-4-7/h2-4,6-7,9-12,14,25H,5,8,13,15-17H2,1H3;3-6H,1-2H3/b20-14+;. The van der Waals surface area contributed by atoms with Crippen molar-refractivity contribution in [3.05, 3.63) is 107 Å². The van der Waals surface area contributed by atoms with Crippen LogP contribution in [-0.2, 0) is 19.1 Å². The van der Waals surface area contributed by atoms with E-state index in [-0.39, 0.29) is 19.4 Å². The van der Waals surface area contributed by atoms with E-state index in [0.29, 0.717) is 18.6 Å². The minimum absolute atomic E-state index is 0.175. The van der Waals surface area contributed by atoms with Crippen LogP contribution in [-0.4, -0.2) is 42.5 Å². The van der Waals surface area contributed by atoms with E-state index in [2.05, 4.69) is 38.1 Å². The molecule has 1 heterocycles. The third-order valence-electron chi connectivity index (χ3n) is 6.04. The van der Waals surface area contributed by atoms with Crippen LogP contribution in [0.1, 0.15) is 41.5 Å². The molecule has 1 saturated heterocycles. The van der Waals surface area contributed by atoms with Gasteiger partial charge in [-0.05, 0) is 51.0 Å². The third-order valence-corrected chi connectivity index (χ3v) is 6.04. The molecule has 0 spiro atoms. The maximum absolute atomic E-state index is 12.2. The zero-order valence-electron chi connectivity index (χ0n) is 22.3. The molecule has 200 valence electrons. The van der Waals surface area contributed by atoms with Crippen molar-refractivity contribution in [2.24, 2.45) is 0 Å². The number of aliphatic hydroxyl groups excluding tert-OH is 1. The SMILES string of the molecule is Cc1ccc(C)cc1.Cc1ccc(OCCCC(=O)OCC2(CO)C/C(=C\c3ccccc3)C(=O)O2)cc1. The van der Waals surface area contributed by atoms with E-state index in [1.165, 1.54) is 11.1 Å². The lowest BCUT2D eigenvalue weighted by Gasteiger charge is -2.24. The zero-order valence-corrected chi connectivity index (χ0v) is 22.3. The summed E-state index contributed by atoms with van der Waals surface area (Å²) in [5, 5.41) is 9.77. The van der Waals surface area contributed by atoms with Gasteiger partial charge in [-0.2, -0.15) is 0 Å². The van der Waals surface area contributed by atoms with Crippen molar-refractivity contribution in [1.82, 2.24) is 0 Å². The lowest BCUT2D eigenvalue weighted by molar-refractivity contribution is -0.166. The number of aryl methyl sites for hydroxylation is 3. The molecule has 0 amide bonds. The van der Waals surface area contributed by atoms with Crippen LogP contribution in [0, 0.1) is 20.8 Å². The normalized spacial score (nSPS) is 17.4. The van der Waals surface area contributed by atoms with Gasteiger partial charge in [0.2, 0.25) is 0 Å². The molecular weight excluding hydrogens is 480 g/mol. The summed E-state index contributed by atoms with van der Waals surface area (Å²) >= 11 is 0. The Morgan fingerprint density at radius 1 is 0.921 bits per heavy atom. The quantitative estimate of drug-likeness (QED) is 0.221. The van der Waals surface area contributed by atoms with Gasteiger partial charge in [-0.1, -0.05) is 83.4 Å². The number of carbonyl (C=O) groups is 2. The van der Waals surface area contributed by atoms with Crippen molar-refractivity contribution in [2.45, 2.75) is 45.6 Å². The van der Waals surface area contributed by atoms with Crippen LogP contribution in [0.4, 0.5) is 0 Å². The van der Waals surface area contributed by atoms with Gasteiger partial charge in [0.05, 0.1) is 13.2 Å². The monoisotopic (exact) mass is 516 g/mol. The average Bonchev–Trinajstić information content (AvgIpc) is 3.24. The highest BCUT2D eigenvalue weighted by Gasteiger charge is 2.44. The van der Waals surface area contributed by atoms with Gasteiger partial charge >= 0.3 is 11.9 Å². The van der Waals surface area contributed by atoms with Gasteiger partial charge in [-0.25, -0.2) is 4.79 Å². The molecular formula is C32H36O6. The van der Waals surface area contributed by atoms with Gasteiger partial charge < -0.3 is 19.3 Å². The first-order chi connectivity index (χ1) is 18.3. The first-order valence-corrected chi connectivity index (χ1v) is 12.8. The molecule has 38 heavy (non-hydrogen) atoms. The number of hydrogen-bond donors (Lipinski definition) is 1. The van der Waals surface area contributed by atoms with E-state index >= 15 is 0 Å². The number of rotatable bonds is 9. The van der Waals surface area contributed by atoms with Gasteiger partial charge in [0.25, 0.3) is 0 Å². The number of ether oxygens (including phenoxy) is 3. The van der Waals surface area contributed by atoms with Gasteiger partial charge in [0.15, 0.2) is 5.60 Å². The molecule has 3 aromatic carbocycles. The molecule has 1 aliphatic rings. The third kappa shape index (κ3) is 9.20. The van der Waals surface area contributed by atoms with Crippen molar-refractivity contribution >= 4 is 18.0 Å². The summed E-state index contributed by atoms with van der Waals surface area (Å²) < 4.78 is 16.2. The Morgan fingerprint density at radius 3 is 2.08 bits per heavy atom. The summed E-state index contributed by atoms with van der Waals surface area (Å²) in [6, 6.07) is 25.5. The summed E-state index contributed by atoms with van der Waals surface area (Å²) in [6.45, 7) is 5.98. The van der Waals surface area contributed by atoms with Gasteiger partial charge in [-0.15, -0.1) is 0 Å². The fourth-order valence-corrected chi connectivity index (χ4v) is 3.75. The van der Waals surface area contributed by atoms with E-state index < -0.39 is 24.1 Å². The molecule has 1 fully saturated rings. The van der Waals surface area contributed by atoms with E-state index in [1.54, 1.807) is 6.08 Å². The number of carbonyl (C=O) groups excluding carboxylic acids is 2. The van der Waals surface area contributed by atoms with Crippen molar-refractivity contribution in [2.75, 3.05) is 19.8 Å². The molecule has 1 aliphatic heterocycles. The van der Waals surface area contributed by atoms with Crippen molar-refractivity contribution in [3.63, 3.8) is 0 Å². The van der Waals surface area contributed by atoms with Gasteiger partial charge in [-0.3, -0.25) is 4.79 Å². The van der Waals surface area contributed by atoms with Crippen LogP contribution < -0.4 is 4.74 Å². The number of hydrogen-bond acceptors (Lipinski definition) is 6. The Morgan fingerprint density at radius 2 is 1.50 bits per heavy atom. The van der Waals surface area contributed by atoms with E-state index in [1.807, 2.05) is 61.5 Å². The van der Waals surface area contributed by atoms with Gasteiger partial charge in [0.1, 0.15) is 12.4 Å². The molecule has 6 heteroatoms. The summed E-state index contributed by atoms with van der Waals surface area (Å²) in [7, 11) is 0. The van der Waals surface area contributed by atoms with Crippen LogP contribution >= 0.6 is 0 Å². The highest BCUT2D eigenvalue weighted by atomic mass is 16.6. The topological polar surface area (TPSA) is 82.1 Å². The second-order valence-electron chi connectivity index (χ2n) is 9.57. The predicted molar refractivity (Wildman–Crippen MR) is 148 cm³/mol. The fourth-order valence-electron chi connectivity index (χ4n) is 3.75. The van der Waals surface area contributed by atoms with Crippen LogP contribution in [0.15, 0.2) is 84.4 Å². The smallest absolute Gasteiger partial charge is 0.334 e. The van der Waals surface area contributed by atoms with E-state index in [9.17, 15) is 14.7 Å². The predicted octanol–water partition coefficient (Wildman–Crippen LogP) is 5.76. The number of esters is 2. The second-order valence-corrected chi connectivity index (χ2v) is 9.57. The Bertz CT molecular complexity index is 1180. The van der Waals surface area contributed by atoms with Crippen molar-refractivity contribution in [1.29, 1.82) is 0 Å². The number of benzene rings is 3. The van der Waals surface area contributed by atoms with Crippen LogP contribution in [0.25, 0.3) is 6.08 Å². The number of cyclic esters (lactones) is 1. The molecule has 0 saturated carbocycles. The molecule has 0 aromatic heterocycles. The first-order valence-electron chi connectivity index (χ1n) is 12.8. The molecule has 6 nitrogen and oxygen atoms in total. The summed E-state index contributed by atoms with van der Waals surface area (Å²) in [6.07, 6.45) is 2.58. The minimum Gasteiger partial charge on any atom is -0.494 e. The molecule has 1 atom stereocenters. The molecule has 1 N–H and O–H groups in total. The average molecular weight is 517 g/mol. The zero-order chi connectivity index (χ0) is 27.4. The molecule has 0 radical (unpaired) electrons. The van der Waals surface area contributed by atoms with Crippen LogP contribution in [0.5, 0.6) is 5.75 Å². The maximum Gasteiger partial charge on any atom is 0.334 e. The second kappa shape index (κ2) is 14.1. The number of aliphatic hydroxyl groups is 1. The minimum atomic E-state index is -1.23. The van der Waals surface area contributed by atoms with Crippen molar-refractivity contribution < 1.29 is 28.9 Å². The molecule has 1 unspecified atom stereocenters. The first kappa shape index (κ1) is 28.7. The van der Waals surface area contributed by atoms with E-state index in [0.717, 1.165) is 16.9 Å². The van der Waals surface area contributed by atoms with Gasteiger partial charge in [0, 0.05) is 18.4 Å². The summed E-state index contributed by atoms with van der Waals surface area (Å²) in [4.78, 5) is 24.3. The van der Waals surface area contributed by atoms with E-state index in [4.69, 9.17) is 14.2 Å². The molecule has 3 aromatic rings. The Balaban J connectivity index is 0.000000427. The molecule has 4 rings (SSSR count). The highest BCUT2D eigenvalue weighted by Crippen LogP contribution is 2.32. The lowest BCUT2D eigenvalue weighted by atomic mass is 9.98. The van der Waals surface area contributed by atoms with Crippen LogP contribution in [0.3, 0.4) is 0 Å². The largest absolute Gasteiger partial charge is 0.494 e.